The molecule has 0 bridgehead atoms. The van der Waals surface area contributed by atoms with Crippen LogP contribution in [0.2, 0.25) is 0 Å². The number of anilines is 1. The zero-order valence-corrected chi connectivity index (χ0v) is 10.9. The first-order valence-electron chi connectivity index (χ1n) is 6.19. The van der Waals surface area contributed by atoms with E-state index in [1.807, 2.05) is 19.1 Å². The largest absolute Gasteiger partial charge is 0.467 e. The van der Waals surface area contributed by atoms with Gasteiger partial charge in [0.05, 0.1) is 31.1 Å². The van der Waals surface area contributed by atoms with Crippen LogP contribution >= 0.6 is 0 Å². The molecule has 0 aromatic carbocycles. The fourth-order valence-electron chi connectivity index (χ4n) is 1.77. The van der Waals surface area contributed by atoms with Crippen molar-refractivity contribution in [1.29, 1.82) is 0 Å². The monoisotopic (exact) mass is 259 g/mol. The molecular weight excluding hydrogens is 242 g/mol. The van der Waals surface area contributed by atoms with Gasteiger partial charge < -0.3 is 15.1 Å². The van der Waals surface area contributed by atoms with Gasteiger partial charge in [0.2, 0.25) is 5.91 Å². The molecule has 0 spiro atoms. The summed E-state index contributed by atoms with van der Waals surface area (Å²) in [6.45, 7) is 3.06. The molecule has 2 N–H and O–H groups in total. The Kier molecular flexibility index (Phi) is 4.18. The van der Waals surface area contributed by atoms with Gasteiger partial charge in [0.25, 0.3) is 0 Å². The third kappa shape index (κ3) is 3.58. The standard InChI is InChI=1S/C14H17N3O2/c1-2-17(10-13-4-3-7-19-13)14(18)8-12-6-5-11(15)9-16-12/h3-7,9H,2,8,10,15H2,1H3. The Morgan fingerprint density at radius 2 is 2.26 bits per heavy atom. The van der Waals surface area contributed by atoms with Crippen molar-refractivity contribution in [2.75, 3.05) is 12.3 Å². The summed E-state index contributed by atoms with van der Waals surface area (Å²) in [6.07, 6.45) is 3.44. The lowest BCUT2D eigenvalue weighted by Gasteiger charge is -2.19. The summed E-state index contributed by atoms with van der Waals surface area (Å²) in [7, 11) is 0. The van der Waals surface area contributed by atoms with E-state index in [4.69, 9.17) is 10.2 Å². The van der Waals surface area contributed by atoms with Crippen molar-refractivity contribution in [1.82, 2.24) is 9.88 Å². The van der Waals surface area contributed by atoms with E-state index in [9.17, 15) is 4.79 Å². The molecule has 0 aliphatic rings. The Morgan fingerprint density at radius 1 is 1.42 bits per heavy atom. The van der Waals surface area contributed by atoms with E-state index < -0.39 is 0 Å². The number of amides is 1. The lowest BCUT2D eigenvalue weighted by atomic mass is 10.2. The second kappa shape index (κ2) is 6.04. The molecule has 19 heavy (non-hydrogen) atoms. The maximum Gasteiger partial charge on any atom is 0.228 e. The molecular formula is C14H17N3O2. The van der Waals surface area contributed by atoms with Crippen molar-refractivity contribution in [3.05, 3.63) is 48.2 Å². The van der Waals surface area contributed by atoms with Gasteiger partial charge in [-0.15, -0.1) is 0 Å². The van der Waals surface area contributed by atoms with Crippen LogP contribution in [0.3, 0.4) is 0 Å². The fourth-order valence-corrected chi connectivity index (χ4v) is 1.77. The number of rotatable bonds is 5. The van der Waals surface area contributed by atoms with Crippen LogP contribution < -0.4 is 5.73 Å². The van der Waals surface area contributed by atoms with E-state index in [0.717, 1.165) is 11.5 Å². The lowest BCUT2D eigenvalue weighted by Crippen LogP contribution is -2.31. The SMILES string of the molecule is CCN(Cc1ccco1)C(=O)Cc1ccc(N)cn1. The Bertz CT molecular complexity index is 520. The Balaban J connectivity index is 1.98. The minimum atomic E-state index is 0.0242. The fraction of sp³-hybridized carbons (Fsp3) is 0.286. The van der Waals surface area contributed by atoms with E-state index in [1.54, 1.807) is 29.5 Å². The Labute approximate surface area is 112 Å². The summed E-state index contributed by atoms with van der Waals surface area (Å²) in [5, 5.41) is 0. The van der Waals surface area contributed by atoms with Crippen molar-refractivity contribution in [2.24, 2.45) is 0 Å². The number of nitrogens with two attached hydrogens (primary N) is 1. The Hall–Kier alpha value is -2.30. The molecule has 0 atom stereocenters. The zero-order chi connectivity index (χ0) is 13.7. The predicted molar refractivity (Wildman–Crippen MR) is 72.2 cm³/mol. The smallest absolute Gasteiger partial charge is 0.228 e. The maximum atomic E-state index is 12.2. The molecule has 0 aliphatic heterocycles. The minimum absolute atomic E-state index is 0.0242. The summed E-state index contributed by atoms with van der Waals surface area (Å²) < 4.78 is 5.26. The topological polar surface area (TPSA) is 72.4 Å². The molecule has 0 radical (unpaired) electrons. The van der Waals surface area contributed by atoms with Crippen LogP contribution in [-0.4, -0.2) is 22.3 Å². The average molecular weight is 259 g/mol. The maximum absolute atomic E-state index is 12.2. The molecule has 5 nitrogen and oxygen atoms in total. The summed E-state index contributed by atoms with van der Waals surface area (Å²) in [5.41, 5.74) is 6.88. The number of carbonyl (C=O) groups excluding carboxylic acids is 1. The van der Waals surface area contributed by atoms with Gasteiger partial charge in [0.15, 0.2) is 0 Å². The number of hydrogen-bond donors (Lipinski definition) is 1. The van der Waals surface area contributed by atoms with Gasteiger partial charge in [-0.3, -0.25) is 9.78 Å². The van der Waals surface area contributed by atoms with E-state index >= 15 is 0 Å². The van der Waals surface area contributed by atoms with Crippen LogP contribution in [0.25, 0.3) is 0 Å². The van der Waals surface area contributed by atoms with Crippen molar-refractivity contribution < 1.29 is 9.21 Å². The average Bonchev–Trinajstić information content (AvgIpc) is 2.91. The van der Waals surface area contributed by atoms with Crippen molar-refractivity contribution in [3.8, 4) is 0 Å². The number of nitrogen functional groups attached to an aromatic ring is 1. The highest BCUT2D eigenvalue weighted by molar-refractivity contribution is 5.78. The van der Waals surface area contributed by atoms with E-state index in [0.29, 0.717) is 18.8 Å². The molecule has 1 amide bonds. The summed E-state index contributed by atoms with van der Waals surface area (Å²) in [6, 6.07) is 7.19. The molecule has 2 heterocycles. The van der Waals surface area contributed by atoms with Crippen LogP contribution in [0, 0.1) is 0 Å². The van der Waals surface area contributed by atoms with E-state index in [1.165, 1.54) is 0 Å². The second-order valence-corrected chi connectivity index (χ2v) is 4.25. The van der Waals surface area contributed by atoms with Gasteiger partial charge in [-0.2, -0.15) is 0 Å². The van der Waals surface area contributed by atoms with Crippen LogP contribution in [0.15, 0.2) is 41.1 Å². The third-order valence-electron chi connectivity index (χ3n) is 2.84. The van der Waals surface area contributed by atoms with Crippen LogP contribution in [0.5, 0.6) is 0 Å². The quantitative estimate of drug-likeness (QED) is 0.889. The molecule has 2 aromatic heterocycles. The highest BCUT2D eigenvalue weighted by Crippen LogP contribution is 2.08. The van der Waals surface area contributed by atoms with Crippen LogP contribution in [0.1, 0.15) is 18.4 Å². The minimum Gasteiger partial charge on any atom is -0.467 e. The molecule has 0 aliphatic carbocycles. The van der Waals surface area contributed by atoms with E-state index in [2.05, 4.69) is 4.98 Å². The first-order valence-corrected chi connectivity index (χ1v) is 6.19. The molecule has 2 rings (SSSR count). The highest BCUT2D eigenvalue weighted by Gasteiger charge is 2.14. The van der Waals surface area contributed by atoms with Gasteiger partial charge in [-0.1, -0.05) is 0 Å². The van der Waals surface area contributed by atoms with Crippen molar-refractivity contribution in [3.63, 3.8) is 0 Å². The van der Waals surface area contributed by atoms with Crippen LogP contribution in [-0.2, 0) is 17.8 Å². The zero-order valence-electron chi connectivity index (χ0n) is 10.9. The van der Waals surface area contributed by atoms with Gasteiger partial charge in [-0.25, -0.2) is 0 Å². The lowest BCUT2D eigenvalue weighted by molar-refractivity contribution is -0.131. The molecule has 100 valence electrons. The highest BCUT2D eigenvalue weighted by atomic mass is 16.3. The Morgan fingerprint density at radius 3 is 2.84 bits per heavy atom. The number of furan rings is 1. The summed E-state index contributed by atoms with van der Waals surface area (Å²) >= 11 is 0. The van der Waals surface area contributed by atoms with Crippen molar-refractivity contribution in [2.45, 2.75) is 19.9 Å². The number of carbonyl (C=O) groups is 1. The molecule has 0 fully saturated rings. The second-order valence-electron chi connectivity index (χ2n) is 4.25. The summed E-state index contributed by atoms with van der Waals surface area (Å²) in [5.74, 6) is 0.802. The molecule has 0 saturated carbocycles. The number of pyridine rings is 1. The number of likely N-dealkylation sites (N-methyl/N-ethyl adjacent to an activating group) is 1. The first-order chi connectivity index (χ1) is 9.19. The molecule has 0 unspecified atom stereocenters. The normalized spacial score (nSPS) is 10.4. The molecule has 0 saturated heterocycles. The van der Waals surface area contributed by atoms with Crippen LogP contribution in [0.4, 0.5) is 5.69 Å². The van der Waals surface area contributed by atoms with Gasteiger partial charge in [0.1, 0.15) is 5.76 Å². The van der Waals surface area contributed by atoms with Gasteiger partial charge in [-0.05, 0) is 31.2 Å². The van der Waals surface area contributed by atoms with E-state index in [-0.39, 0.29) is 12.3 Å². The number of aromatic nitrogens is 1. The number of nitrogens with zero attached hydrogens (tertiary/aromatic N) is 2. The predicted octanol–water partition coefficient (Wildman–Crippen LogP) is 1.85. The molecule has 2 aromatic rings. The van der Waals surface area contributed by atoms with Gasteiger partial charge in [0, 0.05) is 12.2 Å². The number of hydrogen-bond acceptors (Lipinski definition) is 4. The first kappa shape index (κ1) is 13.1. The molecule has 5 heteroatoms. The van der Waals surface area contributed by atoms with Crippen molar-refractivity contribution >= 4 is 11.6 Å². The third-order valence-corrected chi connectivity index (χ3v) is 2.84. The van der Waals surface area contributed by atoms with Gasteiger partial charge >= 0.3 is 0 Å². The summed E-state index contributed by atoms with van der Waals surface area (Å²) in [4.78, 5) is 18.0.